The van der Waals surface area contributed by atoms with Gasteiger partial charge in [0.05, 0.1) is 0 Å². The van der Waals surface area contributed by atoms with E-state index < -0.39 is 0 Å². The normalized spacial score (nSPS) is 12.1. The molecule has 24 heavy (non-hydrogen) atoms. The van der Waals surface area contributed by atoms with Gasteiger partial charge in [-0.1, -0.05) is 35.5 Å². The Kier molecular flexibility index (Phi) is 6.51. The Balaban J connectivity index is 2.20. The van der Waals surface area contributed by atoms with Crippen molar-refractivity contribution in [2.24, 2.45) is 5.16 Å². The van der Waals surface area contributed by atoms with Crippen LogP contribution in [0.15, 0.2) is 59.8 Å². The number of phenols is 1. The van der Waals surface area contributed by atoms with E-state index in [1.807, 2.05) is 19.0 Å². The molecule has 0 aliphatic heterocycles. The molecular weight excluding hydrogens is 306 g/mol. The zero-order chi connectivity index (χ0) is 17.4. The molecule has 2 aromatic rings. The minimum Gasteiger partial charge on any atom is -0.508 e. The Morgan fingerprint density at radius 1 is 1.17 bits per heavy atom. The minimum atomic E-state index is -0.359. The standard InChI is InChI=1S/C19H21FN2O2/c1-22(2)13-14-24-21-19(17-5-3-4-6-18(17)20)12-9-15-7-10-16(23)11-8-15/h3-12,23H,13-14H2,1-2H3/b12-9+,21-19+/i20-1. The van der Waals surface area contributed by atoms with E-state index in [1.54, 1.807) is 54.6 Å². The highest BCUT2D eigenvalue weighted by molar-refractivity contribution is 6.10. The van der Waals surface area contributed by atoms with Crippen molar-refractivity contribution in [1.82, 2.24) is 4.90 Å². The lowest BCUT2D eigenvalue weighted by Gasteiger charge is -2.08. The maximum Gasteiger partial charge on any atom is 0.132 e. The molecule has 5 heteroatoms. The summed E-state index contributed by atoms with van der Waals surface area (Å²) < 4.78 is 14.0. The molecule has 0 unspecified atom stereocenters. The molecule has 0 fully saturated rings. The van der Waals surface area contributed by atoms with Gasteiger partial charge in [-0.25, -0.2) is 4.39 Å². The first-order valence-electron chi connectivity index (χ1n) is 7.63. The van der Waals surface area contributed by atoms with Gasteiger partial charge in [0.1, 0.15) is 23.9 Å². The van der Waals surface area contributed by atoms with Crippen molar-refractivity contribution in [1.29, 1.82) is 0 Å². The van der Waals surface area contributed by atoms with E-state index in [0.29, 0.717) is 17.9 Å². The largest absolute Gasteiger partial charge is 0.508 e. The van der Waals surface area contributed by atoms with Gasteiger partial charge in [0.15, 0.2) is 0 Å². The van der Waals surface area contributed by atoms with Crippen LogP contribution in [-0.4, -0.2) is 43.0 Å². The number of oxime groups is 1. The average Bonchev–Trinajstić information content (AvgIpc) is 2.56. The highest BCUT2D eigenvalue weighted by Gasteiger charge is 2.07. The van der Waals surface area contributed by atoms with Gasteiger partial charge in [0, 0.05) is 12.1 Å². The number of benzene rings is 2. The summed E-state index contributed by atoms with van der Waals surface area (Å²) in [5, 5.41) is 13.4. The number of aromatic hydroxyl groups is 1. The third-order valence-electron chi connectivity index (χ3n) is 3.27. The van der Waals surface area contributed by atoms with Gasteiger partial charge in [0.25, 0.3) is 0 Å². The van der Waals surface area contributed by atoms with Crippen LogP contribution in [0, 0.1) is 5.82 Å². The Morgan fingerprint density at radius 3 is 2.54 bits per heavy atom. The molecule has 0 aromatic heterocycles. The van der Waals surface area contributed by atoms with Crippen molar-refractivity contribution in [3.63, 3.8) is 0 Å². The fraction of sp³-hybridized carbons (Fsp3) is 0.211. The molecule has 0 aliphatic rings. The summed E-state index contributed by atoms with van der Waals surface area (Å²) in [7, 11) is 3.88. The summed E-state index contributed by atoms with van der Waals surface area (Å²) in [6.45, 7) is 1.13. The van der Waals surface area contributed by atoms with Gasteiger partial charge < -0.3 is 14.8 Å². The number of hydrogen-bond donors (Lipinski definition) is 1. The molecule has 2 aromatic carbocycles. The summed E-state index contributed by atoms with van der Waals surface area (Å²) in [4.78, 5) is 7.29. The maximum absolute atomic E-state index is 14.0. The lowest BCUT2D eigenvalue weighted by molar-refractivity contribution is 0.126. The smallest absolute Gasteiger partial charge is 0.132 e. The Bertz CT molecular complexity index is 710. The van der Waals surface area contributed by atoms with E-state index >= 15 is 0 Å². The molecule has 0 spiro atoms. The third-order valence-corrected chi connectivity index (χ3v) is 3.27. The molecule has 0 saturated carbocycles. The molecule has 4 nitrogen and oxygen atoms in total. The van der Waals surface area contributed by atoms with Crippen LogP contribution in [0.25, 0.3) is 6.08 Å². The molecular formula is C19H21FN2O2. The summed E-state index contributed by atoms with van der Waals surface area (Å²) >= 11 is 0. The van der Waals surface area contributed by atoms with E-state index in [1.165, 1.54) is 6.07 Å². The predicted octanol–water partition coefficient (Wildman–Crippen LogP) is 3.53. The van der Waals surface area contributed by atoms with Crippen LogP contribution in [0.1, 0.15) is 11.1 Å². The first kappa shape index (κ1) is 17.7. The first-order chi connectivity index (χ1) is 11.6. The van der Waals surface area contributed by atoms with Gasteiger partial charge in [-0.2, -0.15) is 0 Å². The van der Waals surface area contributed by atoms with Gasteiger partial charge in [-0.05, 0) is 50.0 Å². The quantitative estimate of drug-likeness (QED) is 0.481. The lowest BCUT2D eigenvalue weighted by Crippen LogP contribution is -2.17. The number of allylic oxidation sites excluding steroid dienone is 1. The van der Waals surface area contributed by atoms with Crippen LogP contribution in [0.3, 0.4) is 0 Å². The zero-order valence-corrected chi connectivity index (χ0v) is 13.8. The number of phenolic OH excluding ortho intramolecular Hbond substituents is 1. The molecule has 126 valence electrons. The molecule has 0 saturated heterocycles. The van der Waals surface area contributed by atoms with Crippen LogP contribution in [0.5, 0.6) is 5.75 Å². The topological polar surface area (TPSA) is 45.1 Å². The molecule has 0 aliphatic carbocycles. The fourth-order valence-electron chi connectivity index (χ4n) is 1.94. The lowest BCUT2D eigenvalue weighted by atomic mass is 10.1. The van der Waals surface area contributed by atoms with Gasteiger partial charge in [-0.15, -0.1) is 0 Å². The van der Waals surface area contributed by atoms with Crippen molar-refractivity contribution in [3.05, 3.63) is 71.6 Å². The van der Waals surface area contributed by atoms with E-state index in [9.17, 15) is 9.50 Å². The van der Waals surface area contributed by atoms with E-state index in [0.717, 1.165) is 12.1 Å². The van der Waals surface area contributed by atoms with Crippen LogP contribution < -0.4 is 0 Å². The van der Waals surface area contributed by atoms with Crippen molar-refractivity contribution in [2.45, 2.75) is 0 Å². The number of likely N-dealkylation sites (N-methyl/N-ethyl adjacent to an activating group) is 1. The Morgan fingerprint density at radius 2 is 1.88 bits per heavy atom. The van der Waals surface area contributed by atoms with Gasteiger partial charge in [-0.3, -0.25) is 0 Å². The molecule has 1 N–H and O–H groups in total. The predicted molar refractivity (Wildman–Crippen MR) is 94.6 cm³/mol. The van der Waals surface area contributed by atoms with Crippen LogP contribution in [-0.2, 0) is 4.84 Å². The number of hydrogen-bond acceptors (Lipinski definition) is 4. The second-order valence-corrected chi connectivity index (χ2v) is 5.52. The van der Waals surface area contributed by atoms with Crippen LogP contribution in [0.4, 0.5) is 4.39 Å². The summed E-state index contributed by atoms with van der Waals surface area (Å²) in [5.74, 6) is -0.162. The minimum absolute atomic E-state index is 0.196. The Labute approximate surface area is 141 Å². The van der Waals surface area contributed by atoms with Crippen LogP contribution in [0.2, 0.25) is 0 Å². The van der Waals surface area contributed by atoms with Gasteiger partial charge in [0.2, 0.25) is 0 Å². The second-order valence-electron chi connectivity index (χ2n) is 5.52. The molecule has 0 atom stereocenters. The van der Waals surface area contributed by atoms with E-state index in [4.69, 9.17) is 4.84 Å². The Hall–Kier alpha value is -2.66. The van der Waals surface area contributed by atoms with Gasteiger partial charge >= 0.3 is 0 Å². The zero-order valence-electron chi connectivity index (χ0n) is 13.8. The van der Waals surface area contributed by atoms with E-state index in [-0.39, 0.29) is 11.6 Å². The number of halogens is 1. The first-order valence-corrected chi connectivity index (χ1v) is 7.63. The van der Waals surface area contributed by atoms with Crippen molar-refractivity contribution >= 4 is 11.8 Å². The molecule has 2 rings (SSSR count). The molecule has 0 radical (unpaired) electrons. The number of nitrogens with zero attached hydrogens (tertiary/aromatic N) is 2. The number of rotatable bonds is 7. The second kappa shape index (κ2) is 8.84. The average molecular weight is 327 g/mol. The monoisotopic (exact) mass is 327 g/mol. The molecule has 0 amide bonds. The molecule has 0 bridgehead atoms. The summed E-state index contributed by atoms with van der Waals surface area (Å²) in [6.07, 6.45) is 3.49. The SMILES string of the molecule is CN(C)CCO/N=C(\C=C\c1ccc(O)cc1)c1ccccc1[18F]. The fourth-order valence-corrected chi connectivity index (χ4v) is 1.94. The third kappa shape index (κ3) is 5.52. The van der Waals surface area contributed by atoms with Crippen LogP contribution >= 0.6 is 0 Å². The van der Waals surface area contributed by atoms with Crippen molar-refractivity contribution in [3.8, 4) is 5.75 Å². The van der Waals surface area contributed by atoms with Crippen molar-refractivity contribution in [2.75, 3.05) is 27.2 Å². The summed E-state index contributed by atoms with van der Waals surface area (Å²) in [6, 6.07) is 13.1. The highest BCUT2D eigenvalue weighted by atomic mass is 18.2. The highest BCUT2D eigenvalue weighted by Crippen LogP contribution is 2.13. The van der Waals surface area contributed by atoms with Crippen molar-refractivity contribution < 1.29 is 14.3 Å². The molecule has 0 heterocycles. The van der Waals surface area contributed by atoms with E-state index in [2.05, 4.69) is 5.16 Å². The maximum atomic E-state index is 14.0. The summed E-state index contributed by atoms with van der Waals surface area (Å²) in [5.41, 5.74) is 1.64.